The molecule has 0 atom stereocenters. The van der Waals surface area contributed by atoms with E-state index < -0.39 is 11.9 Å². The molecule has 8 heteroatoms. The van der Waals surface area contributed by atoms with E-state index in [1.54, 1.807) is 7.11 Å². The van der Waals surface area contributed by atoms with Crippen LogP contribution in [0.15, 0.2) is 64.4 Å². The van der Waals surface area contributed by atoms with Gasteiger partial charge in [-0.1, -0.05) is 23.9 Å². The molecular formula is C22H26N2O5S. The summed E-state index contributed by atoms with van der Waals surface area (Å²) in [7, 11) is 5.97. The molecule has 0 spiro atoms. The van der Waals surface area contributed by atoms with Crippen LogP contribution in [0.3, 0.4) is 0 Å². The molecule has 0 aliphatic carbocycles. The average molecular weight is 431 g/mol. The van der Waals surface area contributed by atoms with Crippen LogP contribution in [0.2, 0.25) is 0 Å². The Bertz CT molecular complexity index is 898. The minimum Gasteiger partial charge on any atom is -0.497 e. The Morgan fingerprint density at radius 3 is 2.27 bits per heavy atom. The summed E-state index contributed by atoms with van der Waals surface area (Å²) in [6.45, 7) is 2.10. The minimum atomic E-state index is -1.26. The number of anilines is 2. The molecule has 30 heavy (non-hydrogen) atoms. The third-order valence-corrected chi connectivity index (χ3v) is 5.32. The lowest BCUT2D eigenvalue weighted by molar-refractivity contribution is -0.134. The Hall–Kier alpha value is -2.97. The summed E-state index contributed by atoms with van der Waals surface area (Å²) < 4.78 is 5.42. The normalized spacial score (nSPS) is 12.1. The monoisotopic (exact) mass is 430 g/mol. The molecule has 2 N–H and O–H groups in total. The van der Waals surface area contributed by atoms with Gasteiger partial charge in [-0.2, -0.15) is 0 Å². The quantitative estimate of drug-likeness (QED) is 0.638. The predicted molar refractivity (Wildman–Crippen MR) is 118 cm³/mol. The highest BCUT2D eigenvalue weighted by atomic mass is 32.2. The first-order chi connectivity index (χ1) is 14.3. The Balaban J connectivity index is 0.000000343. The van der Waals surface area contributed by atoms with Gasteiger partial charge in [-0.25, -0.2) is 9.59 Å². The maximum Gasteiger partial charge on any atom is 0.328 e. The van der Waals surface area contributed by atoms with E-state index in [9.17, 15) is 9.59 Å². The molecule has 2 aromatic rings. The summed E-state index contributed by atoms with van der Waals surface area (Å²) in [5.41, 5.74) is 2.55. The number of rotatable bonds is 7. The average Bonchev–Trinajstić information content (AvgIpc) is 2.71. The molecule has 0 fully saturated rings. The zero-order chi connectivity index (χ0) is 22.1. The van der Waals surface area contributed by atoms with Crippen LogP contribution >= 0.6 is 11.8 Å². The van der Waals surface area contributed by atoms with E-state index in [1.807, 2.05) is 17.8 Å². The van der Waals surface area contributed by atoms with E-state index in [4.69, 9.17) is 14.9 Å². The van der Waals surface area contributed by atoms with Crippen molar-refractivity contribution >= 4 is 35.1 Å². The topological polar surface area (TPSA) is 90.3 Å². The summed E-state index contributed by atoms with van der Waals surface area (Å²) in [5.74, 6) is -1.60. The first kappa shape index (κ1) is 23.3. The zero-order valence-corrected chi connectivity index (χ0v) is 18.1. The third kappa shape index (κ3) is 6.82. The molecule has 0 saturated heterocycles. The van der Waals surface area contributed by atoms with E-state index >= 15 is 0 Å². The van der Waals surface area contributed by atoms with Crippen LogP contribution in [0.25, 0.3) is 0 Å². The van der Waals surface area contributed by atoms with Gasteiger partial charge in [0.1, 0.15) is 5.75 Å². The Morgan fingerprint density at radius 2 is 1.67 bits per heavy atom. The van der Waals surface area contributed by atoms with Crippen molar-refractivity contribution < 1.29 is 24.5 Å². The summed E-state index contributed by atoms with van der Waals surface area (Å²) in [6.07, 6.45) is 2.24. The van der Waals surface area contributed by atoms with Crippen LogP contribution in [0.4, 0.5) is 11.4 Å². The van der Waals surface area contributed by atoms with Gasteiger partial charge in [0.15, 0.2) is 0 Å². The molecule has 0 saturated carbocycles. The molecule has 2 aromatic carbocycles. The van der Waals surface area contributed by atoms with Gasteiger partial charge in [0.05, 0.1) is 18.5 Å². The van der Waals surface area contributed by atoms with Gasteiger partial charge in [0, 0.05) is 34.6 Å². The highest BCUT2D eigenvalue weighted by Gasteiger charge is 2.23. The molecule has 1 aliphatic heterocycles. The van der Waals surface area contributed by atoms with Crippen molar-refractivity contribution in [3.8, 4) is 5.75 Å². The van der Waals surface area contributed by atoms with Crippen LogP contribution in [0.5, 0.6) is 5.75 Å². The number of para-hydroxylation sites is 1. The molecule has 1 aliphatic rings. The Labute approximate surface area is 180 Å². The fourth-order valence-corrected chi connectivity index (χ4v) is 3.94. The van der Waals surface area contributed by atoms with E-state index in [2.05, 4.69) is 60.3 Å². The fraction of sp³-hybridized carbons (Fsp3) is 0.273. The second-order valence-corrected chi connectivity index (χ2v) is 7.81. The van der Waals surface area contributed by atoms with Crippen LogP contribution in [-0.2, 0) is 9.59 Å². The number of hydrogen-bond donors (Lipinski definition) is 2. The van der Waals surface area contributed by atoms with E-state index in [-0.39, 0.29) is 0 Å². The summed E-state index contributed by atoms with van der Waals surface area (Å²) in [5, 5.41) is 15.6. The minimum absolute atomic E-state index is 0.558. The lowest BCUT2D eigenvalue weighted by Crippen LogP contribution is -2.25. The molecule has 0 unspecified atom stereocenters. The van der Waals surface area contributed by atoms with E-state index in [0.717, 1.165) is 25.3 Å². The van der Waals surface area contributed by atoms with Gasteiger partial charge >= 0.3 is 11.9 Å². The maximum absolute atomic E-state index is 9.55. The van der Waals surface area contributed by atoms with E-state index in [0.29, 0.717) is 12.2 Å². The van der Waals surface area contributed by atoms with Crippen molar-refractivity contribution in [3.63, 3.8) is 0 Å². The number of hydrogen-bond acceptors (Lipinski definition) is 6. The number of nitrogens with zero attached hydrogens (tertiary/aromatic N) is 2. The van der Waals surface area contributed by atoms with Crippen LogP contribution in [0.1, 0.15) is 6.42 Å². The lowest BCUT2D eigenvalue weighted by Gasteiger charge is -2.33. The second kappa shape index (κ2) is 11.3. The highest BCUT2D eigenvalue weighted by Crippen LogP contribution is 2.48. The number of carbonyl (C=O) groups is 2. The van der Waals surface area contributed by atoms with Crippen LogP contribution < -0.4 is 9.64 Å². The molecule has 160 valence electrons. The second-order valence-electron chi connectivity index (χ2n) is 6.72. The molecule has 0 aromatic heterocycles. The van der Waals surface area contributed by atoms with Gasteiger partial charge in [-0.05, 0) is 51.3 Å². The summed E-state index contributed by atoms with van der Waals surface area (Å²) in [6, 6.07) is 15.0. The maximum atomic E-state index is 9.55. The van der Waals surface area contributed by atoms with Crippen molar-refractivity contribution in [2.45, 2.75) is 16.2 Å². The number of methoxy groups -OCH3 is 1. The smallest absolute Gasteiger partial charge is 0.328 e. The molecule has 3 rings (SSSR count). The number of fused-ring (bicyclic) bond motifs is 2. The van der Waals surface area contributed by atoms with Crippen LogP contribution in [-0.4, -0.2) is 61.3 Å². The van der Waals surface area contributed by atoms with E-state index in [1.165, 1.54) is 21.2 Å². The lowest BCUT2D eigenvalue weighted by atomic mass is 10.2. The third-order valence-electron chi connectivity index (χ3n) is 4.19. The van der Waals surface area contributed by atoms with Crippen molar-refractivity contribution in [3.05, 3.63) is 54.6 Å². The zero-order valence-electron chi connectivity index (χ0n) is 17.2. The standard InChI is InChI=1S/C18H22N2OS.C4H4O4/c1-19(2)11-6-12-20-15-7-4-5-8-17(15)22-18-10-9-14(21-3)13-16(18)20;5-3(6)1-2-4(7)8/h4-5,7-10,13H,6,11-12H2,1-3H3;1-2H,(H,5,6)(H,7,8)/b;2-1-. The van der Waals surface area contributed by atoms with Crippen LogP contribution in [0, 0.1) is 0 Å². The molecule has 1 heterocycles. The fourth-order valence-electron chi connectivity index (χ4n) is 2.86. The number of carboxylic acid groups (broad SMARTS) is 2. The molecular weight excluding hydrogens is 404 g/mol. The largest absolute Gasteiger partial charge is 0.497 e. The molecule has 0 bridgehead atoms. The van der Waals surface area contributed by atoms with Gasteiger partial charge in [0.25, 0.3) is 0 Å². The van der Waals surface area contributed by atoms with Gasteiger partial charge < -0.3 is 24.7 Å². The van der Waals surface area contributed by atoms with Crippen molar-refractivity contribution in [1.82, 2.24) is 4.90 Å². The van der Waals surface area contributed by atoms with Crippen molar-refractivity contribution in [2.24, 2.45) is 0 Å². The molecule has 7 nitrogen and oxygen atoms in total. The summed E-state index contributed by atoms with van der Waals surface area (Å²) >= 11 is 1.84. The number of aliphatic carboxylic acids is 2. The summed E-state index contributed by atoms with van der Waals surface area (Å²) in [4.78, 5) is 26.4. The first-order valence-corrected chi connectivity index (χ1v) is 10.1. The first-order valence-electron chi connectivity index (χ1n) is 9.33. The van der Waals surface area contributed by atoms with Crippen molar-refractivity contribution in [1.29, 1.82) is 0 Å². The molecule has 0 amide bonds. The number of carboxylic acids is 2. The predicted octanol–water partition coefficient (Wildman–Crippen LogP) is 3.96. The Morgan fingerprint density at radius 1 is 1.03 bits per heavy atom. The number of ether oxygens (including phenoxy) is 1. The van der Waals surface area contributed by atoms with Crippen molar-refractivity contribution in [2.75, 3.05) is 39.2 Å². The van der Waals surface area contributed by atoms with Gasteiger partial charge in [0.2, 0.25) is 0 Å². The highest BCUT2D eigenvalue weighted by molar-refractivity contribution is 7.99. The molecule has 0 radical (unpaired) electrons. The Kier molecular flexibility index (Phi) is 8.76. The SMILES string of the molecule is COc1ccc2c(c1)N(CCCN(C)C)c1ccccc1S2.O=C(O)/C=C\C(=O)O. The van der Waals surface area contributed by atoms with Gasteiger partial charge in [-0.15, -0.1) is 0 Å². The van der Waals surface area contributed by atoms with Gasteiger partial charge in [-0.3, -0.25) is 0 Å². The number of benzene rings is 2.